The zero-order valence-corrected chi connectivity index (χ0v) is 21.4. The van der Waals surface area contributed by atoms with Gasteiger partial charge in [-0.1, -0.05) is 30.8 Å². The first-order valence-corrected chi connectivity index (χ1v) is 12.3. The van der Waals surface area contributed by atoms with Crippen LogP contribution in [0.1, 0.15) is 34.8 Å². The van der Waals surface area contributed by atoms with Gasteiger partial charge in [-0.15, -0.1) is 0 Å². The molecule has 0 saturated heterocycles. The molecule has 1 amide bonds. The highest BCUT2D eigenvalue weighted by Gasteiger charge is 2.40. The van der Waals surface area contributed by atoms with Crippen LogP contribution in [-0.4, -0.2) is 61.8 Å². The number of aromatic nitrogens is 1. The van der Waals surface area contributed by atoms with Crippen LogP contribution in [0.25, 0.3) is 10.8 Å². The first-order chi connectivity index (χ1) is 17.8. The Bertz CT molecular complexity index is 1320. The number of hydrogen-bond acceptors (Lipinski definition) is 6. The minimum absolute atomic E-state index is 0.121. The van der Waals surface area contributed by atoms with Crippen LogP contribution in [0.5, 0.6) is 5.75 Å². The van der Waals surface area contributed by atoms with E-state index in [0.717, 1.165) is 22.0 Å². The molecule has 0 radical (unpaired) electrons. The van der Waals surface area contributed by atoms with Crippen LogP contribution in [0.15, 0.2) is 66.9 Å². The summed E-state index contributed by atoms with van der Waals surface area (Å²) in [6.07, 6.45) is 1.25. The first-order valence-electron chi connectivity index (χ1n) is 12.3. The van der Waals surface area contributed by atoms with Gasteiger partial charge in [0.1, 0.15) is 17.6 Å². The Balaban J connectivity index is 1.73. The van der Waals surface area contributed by atoms with Crippen LogP contribution >= 0.6 is 0 Å². The molecule has 4 rings (SSSR count). The molecule has 4 atom stereocenters. The van der Waals surface area contributed by atoms with Crippen molar-refractivity contribution in [2.75, 3.05) is 33.1 Å². The van der Waals surface area contributed by atoms with Gasteiger partial charge in [0.05, 0.1) is 18.9 Å². The van der Waals surface area contributed by atoms with Crippen molar-refractivity contribution in [1.29, 1.82) is 5.26 Å². The fourth-order valence-electron chi connectivity index (χ4n) is 5.07. The van der Waals surface area contributed by atoms with Crippen molar-refractivity contribution < 1.29 is 13.9 Å². The Morgan fingerprint density at radius 2 is 2.03 bits per heavy atom. The number of hydrogen-bond donors (Lipinski definition) is 2. The van der Waals surface area contributed by atoms with Crippen molar-refractivity contribution >= 4 is 22.4 Å². The van der Waals surface area contributed by atoms with Gasteiger partial charge in [-0.2, -0.15) is 5.26 Å². The molecule has 7 nitrogen and oxygen atoms in total. The second kappa shape index (κ2) is 11.4. The van der Waals surface area contributed by atoms with Gasteiger partial charge < -0.3 is 20.3 Å². The van der Waals surface area contributed by atoms with Crippen molar-refractivity contribution in [1.82, 2.24) is 15.2 Å². The first kappa shape index (κ1) is 26.1. The molecule has 8 heteroatoms. The number of methoxy groups -OCH3 is 1. The second-order valence-electron chi connectivity index (χ2n) is 9.61. The van der Waals surface area contributed by atoms with E-state index in [9.17, 15) is 4.79 Å². The number of carbonyl (C=O) groups excluding carboxylic acids is 1. The highest BCUT2D eigenvalue weighted by atomic mass is 19.1. The number of anilines is 1. The van der Waals surface area contributed by atoms with Gasteiger partial charge in [-0.3, -0.25) is 9.78 Å². The maximum atomic E-state index is 15.2. The van der Waals surface area contributed by atoms with E-state index in [0.29, 0.717) is 23.4 Å². The third-order valence-electron chi connectivity index (χ3n) is 7.05. The highest BCUT2D eigenvalue weighted by molar-refractivity contribution is 5.97. The Morgan fingerprint density at radius 1 is 1.24 bits per heavy atom. The lowest BCUT2D eigenvalue weighted by Crippen LogP contribution is -2.51. The van der Waals surface area contributed by atoms with Gasteiger partial charge in [0.2, 0.25) is 0 Å². The zero-order valence-electron chi connectivity index (χ0n) is 21.4. The number of alkyl halides is 1. The number of nitriles is 1. The summed E-state index contributed by atoms with van der Waals surface area (Å²) in [4.78, 5) is 19.0. The molecule has 0 spiro atoms. The SMILES string of the molecule is C=C(C#N)CNc1c(OC)ccc2ccc([C@H]3C[C@@H](N(C)C)[C@H](F)C[C@H]3NC(=O)c3ccccn3)cc12. The van der Waals surface area contributed by atoms with E-state index in [1.54, 1.807) is 31.5 Å². The molecule has 1 aliphatic carbocycles. The van der Waals surface area contributed by atoms with E-state index in [4.69, 9.17) is 10.00 Å². The Hall–Kier alpha value is -3.96. The van der Waals surface area contributed by atoms with Crippen LogP contribution in [-0.2, 0) is 0 Å². The molecule has 1 aliphatic rings. The lowest BCUT2D eigenvalue weighted by Gasteiger charge is -2.41. The Labute approximate surface area is 216 Å². The lowest BCUT2D eigenvalue weighted by atomic mass is 9.75. The van der Waals surface area contributed by atoms with Crippen LogP contribution in [0.3, 0.4) is 0 Å². The quantitative estimate of drug-likeness (QED) is 0.436. The molecule has 192 valence electrons. The molecule has 0 aliphatic heterocycles. The second-order valence-corrected chi connectivity index (χ2v) is 9.61. The van der Waals surface area contributed by atoms with Gasteiger partial charge in [0, 0.05) is 48.1 Å². The standard InChI is InChI=1S/C29H32FN5O2/c1-18(16-31)17-33-28-22-13-20(9-8-19(22)10-11-27(28)37-4)21-14-26(35(2)3)23(30)15-25(21)34-29(36)24-7-5-6-12-32-24/h5-13,21,23,25-26,33H,1,14-15,17H2,2-4H3,(H,34,36)/t21-,23-,25-,26-/m1/s1. The molecule has 2 aromatic carbocycles. The molecule has 0 unspecified atom stereocenters. The summed E-state index contributed by atoms with van der Waals surface area (Å²) in [5.41, 5.74) is 2.46. The largest absolute Gasteiger partial charge is 0.495 e. The average Bonchev–Trinajstić information content (AvgIpc) is 2.91. The smallest absolute Gasteiger partial charge is 0.270 e. The molecule has 0 bridgehead atoms. The molecule has 3 aromatic rings. The third-order valence-corrected chi connectivity index (χ3v) is 7.05. The number of benzene rings is 2. The Kier molecular flexibility index (Phi) is 8.04. The molecular weight excluding hydrogens is 469 g/mol. The van der Waals surface area contributed by atoms with Gasteiger partial charge >= 0.3 is 0 Å². The Morgan fingerprint density at radius 3 is 2.70 bits per heavy atom. The predicted octanol–water partition coefficient (Wildman–Crippen LogP) is 4.68. The molecule has 2 N–H and O–H groups in total. The average molecular weight is 502 g/mol. The van der Waals surface area contributed by atoms with E-state index in [1.807, 2.05) is 43.3 Å². The fraction of sp³-hybridized carbons (Fsp3) is 0.345. The van der Waals surface area contributed by atoms with Crippen LogP contribution < -0.4 is 15.4 Å². The summed E-state index contributed by atoms with van der Waals surface area (Å²) in [5.74, 6) is 0.213. The number of pyridine rings is 1. The highest BCUT2D eigenvalue weighted by Crippen LogP contribution is 2.40. The lowest BCUT2D eigenvalue weighted by molar-refractivity contribution is 0.0731. The van der Waals surface area contributed by atoms with Gasteiger partial charge in [-0.05, 0) is 55.7 Å². The summed E-state index contributed by atoms with van der Waals surface area (Å²) < 4.78 is 20.8. The van der Waals surface area contributed by atoms with Gasteiger partial charge in [-0.25, -0.2) is 4.39 Å². The molecule has 1 saturated carbocycles. The minimum Gasteiger partial charge on any atom is -0.495 e. The van der Waals surface area contributed by atoms with E-state index in [2.05, 4.69) is 34.3 Å². The number of amides is 1. The number of ether oxygens (including phenoxy) is 1. The molecule has 37 heavy (non-hydrogen) atoms. The van der Waals surface area contributed by atoms with Crippen LogP contribution in [0.4, 0.5) is 10.1 Å². The van der Waals surface area contributed by atoms with E-state index in [-0.39, 0.29) is 30.8 Å². The summed E-state index contributed by atoms with van der Waals surface area (Å²) in [5, 5.41) is 17.4. The van der Waals surface area contributed by atoms with Crippen molar-refractivity contribution in [3.05, 3.63) is 78.1 Å². The number of nitrogens with zero attached hydrogens (tertiary/aromatic N) is 3. The fourth-order valence-corrected chi connectivity index (χ4v) is 5.07. The van der Waals surface area contributed by atoms with Crippen molar-refractivity contribution in [3.63, 3.8) is 0 Å². The number of halogens is 1. The zero-order chi connectivity index (χ0) is 26.5. The van der Waals surface area contributed by atoms with Crippen molar-refractivity contribution in [2.24, 2.45) is 0 Å². The molecule has 1 heterocycles. The normalized spacial score (nSPS) is 21.3. The topological polar surface area (TPSA) is 90.3 Å². The van der Waals surface area contributed by atoms with Gasteiger partial charge in [0.25, 0.3) is 5.91 Å². The molecular formula is C29H32FN5O2. The predicted molar refractivity (Wildman–Crippen MR) is 144 cm³/mol. The maximum absolute atomic E-state index is 15.2. The van der Waals surface area contributed by atoms with Crippen LogP contribution in [0, 0.1) is 11.3 Å². The number of rotatable bonds is 8. The van der Waals surface area contributed by atoms with E-state index >= 15 is 4.39 Å². The summed E-state index contributed by atoms with van der Waals surface area (Å²) in [6, 6.07) is 16.5. The van der Waals surface area contributed by atoms with E-state index < -0.39 is 12.2 Å². The maximum Gasteiger partial charge on any atom is 0.270 e. The number of carbonyl (C=O) groups is 1. The van der Waals surface area contributed by atoms with Gasteiger partial charge in [0.15, 0.2) is 0 Å². The summed E-state index contributed by atoms with van der Waals surface area (Å²) >= 11 is 0. The third kappa shape index (κ3) is 5.73. The van der Waals surface area contributed by atoms with E-state index in [1.165, 1.54) is 0 Å². The number of fused-ring (bicyclic) bond motifs is 1. The van der Waals surface area contributed by atoms with Crippen molar-refractivity contribution in [2.45, 2.75) is 37.0 Å². The number of nitrogens with one attached hydrogen (secondary N) is 2. The summed E-state index contributed by atoms with van der Waals surface area (Å²) in [7, 11) is 5.37. The molecule has 1 fully saturated rings. The summed E-state index contributed by atoms with van der Waals surface area (Å²) in [6.45, 7) is 4.05. The van der Waals surface area contributed by atoms with Crippen LogP contribution in [0.2, 0.25) is 0 Å². The monoisotopic (exact) mass is 501 g/mol. The molecule has 1 aromatic heterocycles. The van der Waals surface area contributed by atoms with Crippen molar-refractivity contribution in [3.8, 4) is 11.8 Å². The minimum atomic E-state index is -1.07.